The van der Waals surface area contributed by atoms with Gasteiger partial charge in [-0.3, -0.25) is 4.79 Å². The first-order valence-electron chi connectivity index (χ1n) is 5.85. The van der Waals surface area contributed by atoms with E-state index in [0.29, 0.717) is 31.0 Å². The Labute approximate surface area is 115 Å². The molecule has 1 aromatic rings. The van der Waals surface area contributed by atoms with Crippen molar-refractivity contribution in [3.63, 3.8) is 0 Å². The topological polar surface area (TPSA) is 38.8 Å². The van der Waals surface area contributed by atoms with E-state index in [-0.39, 0.29) is 12.0 Å². The van der Waals surface area contributed by atoms with E-state index in [4.69, 9.17) is 9.47 Å². The van der Waals surface area contributed by atoms with E-state index in [2.05, 4.69) is 15.9 Å². The third-order valence-corrected chi connectivity index (χ3v) is 3.34. The zero-order chi connectivity index (χ0) is 13.1. The number of nitrogens with zero attached hydrogens (tertiary/aromatic N) is 1. The first kappa shape index (κ1) is 13.4. The summed E-state index contributed by atoms with van der Waals surface area (Å²) in [4.78, 5) is 14.2. The molecule has 2 rings (SSSR count). The summed E-state index contributed by atoms with van der Waals surface area (Å²) in [6, 6.07) is 5.40. The third kappa shape index (κ3) is 3.03. The summed E-state index contributed by atoms with van der Waals surface area (Å²) >= 11 is 3.38. The van der Waals surface area contributed by atoms with Crippen LogP contribution in [0.15, 0.2) is 22.7 Å². The maximum atomic E-state index is 12.4. The average Bonchev–Trinajstić information content (AvgIpc) is 2.37. The van der Waals surface area contributed by atoms with Crippen LogP contribution < -0.4 is 4.74 Å². The highest BCUT2D eigenvalue weighted by Gasteiger charge is 2.22. The number of carbonyl (C=O) groups is 1. The van der Waals surface area contributed by atoms with Crippen LogP contribution in [0.3, 0.4) is 0 Å². The predicted octanol–water partition coefficient (Wildman–Crippen LogP) is 2.32. The van der Waals surface area contributed by atoms with Crippen molar-refractivity contribution < 1.29 is 14.3 Å². The van der Waals surface area contributed by atoms with Crippen molar-refractivity contribution in [2.24, 2.45) is 0 Å². The Morgan fingerprint density at radius 3 is 2.94 bits per heavy atom. The monoisotopic (exact) mass is 313 g/mol. The van der Waals surface area contributed by atoms with Gasteiger partial charge in [0, 0.05) is 23.1 Å². The van der Waals surface area contributed by atoms with Crippen LogP contribution in [0, 0.1) is 0 Å². The van der Waals surface area contributed by atoms with Gasteiger partial charge in [-0.25, -0.2) is 0 Å². The fourth-order valence-corrected chi connectivity index (χ4v) is 2.46. The number of benzene rings is 1. The van der Waals surface area contributed by atoms with Crippen LogP contribution in [0.4, 0.5) is 0 Å². The lowest BCUT2D eigenvalue weighted by Crippen LogP contribution is -2.44. The van der Waals surface area contributed by atoms with Crippen molar-refractivity contribution in [3.05, 3.63) is 28.2 Å². The molecule has 0 saturated carbocycles. The van der Waals surface area contributed by atoms with Crippen LogP contribution in [-0.4, -0.2) is 43.7 Å². The minimum atomic E-state index is 0.0183. The third-order valence-electron chi connectivity index (χ3n) is 2.88. The Kier molecular flexibility index (Phi) is 4.24. The molecule has 0 bridgehead atoms. The molecule has 1 amide bonds. The zero-order valence-electron chi connectivity index (χ0n) is 10.5. The number of hydrogen-bond donors (Lipinski definition) is 0. The van der Waals surface area contributed by atoms with Crippen LogP contribution in [0.25, 0.3) is 0 Å². The number of ether oxygens (including phenoxy) is 2. The standard InChI is InChI=1S/C13H16BrNO3/c1-9-8-15(3-4-18-9)13(16)10-5-11(14)7-12(6-10)17-2/h5-7,9H,3-4,8H2,1-2H3/t9-/m0/s1. The summed E-state index contributed by atoms with van der Waals surface area (Å²) in [5.41, 5.74) is 0.635. The number of methoxy groups -OCH3 is 1. The summed E-state index contributed by atoms with van der Waals surface area (Å²) in [6.45, 7) is 3.84. The maximum absolute atomic E-state index is 12.4. The molecule has 0 aliphatic carbocycles. The van der Waals surface area contributed by atoms with Crippen molar-refractivity contribution in [1.29, 1.82) is 0 Å². The Bertz CT molecular complexity index is 450. The molecular weight excluding hydrogens is 298 g/mol. The lowest BCUT2D eigenvalue weighted by Gasteiger charge is -2.31. The van der Waals surface area contributed by atoms with Crippen LogP contribution in [-0.2, 0) is 4.74 Å². The lowest BCUT2D eigenvalue weighted by molar-refractivity contribution is -0.0124. The van der Waals surface area contributed by atoms with Crippen LogP contribution in [0.2, 0.25) is 0 Å². The van der Waals surface area contributed by atoms with Crippen molar-refractivity contribution in [2.45, 2.75) is 13.0 Å². The molecular formula is C13H16BrNO3. The summed E-state index contributed by atoms with van der Waals surface area (Å²) in [7, 11) is 1.59. The van der Waals surface area contributed by atoms with Crippen molar-refractivity contribution in [3.8, 4) is 5.75 Å². The minimum absolute atomic E-state index is 0.0183. The summed E-state index contributed by atoms with van der Waals surface area (Å²) in [5.74, 6) is 0.693. The van der Waals surface area contributed by atoms with E-state index in [0.717, 1.165) is 4.47 Å². The Hall–Kier alpha value is -1.07. The van der Waals surface area contributed by atoms with Gasteiger partial charge in [-0.15, -0.1) is 0 Å². The fourth-order valence-electron chi connectivity index (χ4n) is 1.99. The molecule has 1 aromatic carbocycles. The Morgan fingerprint density at radius 2 is 2.28 bits per heavy atom. The van der Waals surface area contributed by atoms with Gasteiger partial charge in [0.15, 0.2) is 0 Å². The zero-order valence-corrected chi connectivity index (χ0v) is 12.1. The average molecular weight is 314 g/mol. The fraction of sp³-hybridized carbons (Fsp3) is 0.462. The van der Waals surface area contributed by atoms with E-state index in [1.54, 1.807) is 13.2 Å². The second-order valence-corrected chi connectivity index (χ2v) is 5.23. The van der Waals surface area contributed by atoms with Crippen LogP contribution in [0.5, 0.6) is 5.75 Å². The molecule has 4 nitrogen and oxygen atoms in total. The smallest absolute Gasteiger partial charge is 0.254 e. The van der Waals surface area contributed by atoms with Gasteiger partial charge < -0.3 is 14.4 Å². The lowest BCUT2D eigenvalue weighted by atomic mass is 10.1. The largest absolute Gasteiger partial charge is 0.497 e. The molecule has 98 valence electrons. The molecule has 0 unspecified atom stereocenters. The van der Waals surface area contributed by atoms with E-state index in [1.807, 2.05) is 24.0 Å². The highest BCUT2D eigenvalue weighted by molar-refractivity contribution is 9.10. The molecule has 1 aliphatic heterocycles. The molecule has 1 aliphatic rings. The van der Waals surface area contributed by atoms with E-state index in [9.17, 15) is 4.79 Å². The van der Waals surface area contributed by atoms with E-state index >= 15 is 0 Å². The molecule has 1 fully saturated rings. The molecule has 0 N–H and O–H groups in total. The van der Waals surface area contributed by atoms with E-state index in [1.165, 1.54) is 0 Å². The second kappa shape index (κ2) is 5.71. The van der Waals surface area contributed by atoms with Gasteiger partial charge in [0.05, 0.1) is 19.8 Å². The van der Waals surface area contributed by atoms with Gasteiger partial charge in [-0.1, -0.05) is 15.9 Å². The molecule has 5 heteroatoms. The molecule has 1 atom stereocenters. The molecule has 0 spiro atoms. The number of halogens is 1. The van der Waals surface area contributed by atoms with Crippen LogP contribution >= 0.6 is 15.9 Å². The summed E-state index contributed by atoms with van der Waals surface area (Å²) < 4.78 is 11.4. The van der Waals surface area contributed by atoms with Gasteiger partial charge in [-0.05, 0) is 25.1 Å². The molecule has 1 saturated heterocycles. The Morgan fingerprint density at radius 1 is 1.50 bits per heavy atom. The highest BCUT2D eigenvalue weighted by Crippen LogP contribution is 2.22. The van der Waals surface area contributed by atoms with Gasteiger partial charge in [0.25, 0.3) is 5.91 Å². The van der Waals surface area contributed by atoms with Crippen molar-refractivity contribution in [1.82, 2.24) is 4.90 Å². The number of rotatable bonds is 2. The van der Waals surface area contributed by atoms with Crippen LogP contribution in [0.1, 0.15) is 17.3 Å². The minimum Gasteiger partial charge on any atom is -0.497 e. The number of morpholine rings is 1. The van der Waals surface area contributed by atoms with Crippen molar-refractivity contribution >= 4 is 21.8 Å². The first-order chi connectivity index (χ1) is 8.60. The maximum Gasteiger partial charge on any atom is 0.254 e. The first-order valence-corrected chi connectivity index (χ1v) is 6.65. The molecule has 1 heterocycles. The number of hydrogen-bond acceptors (Lipinski definition) is 3. The highest BCUT2D eigenvalue weighted by atomic mass is 79.9. The second-order valence-electron chi connectivity index (χ2n) is 4.31. The normalized spacial score (nSPS) is 19.7. The number of carbonyl (C=O) groups excluding carboxylic acids is 1. The predicted molar refractivity (Wildman–Crippen MR) is 72.0 cm³/mol. The Balaban J connectivity index is 2.19. The molecule has 18 heavy (non-hydrogen) atoms. The summed E-state index contributed by atoms with van der Waals surface area (Å²) in [6.07, 6.45) is 0.0942. The quantitative estimate of drug-likeness (QED) is 0.841. The van der Waals surface area contributed by atoms with Crippen molar-refractivity contribution in [2.75, 3.05) is 26.8 Å². The molecule has 0 radical (unpaired) electrons. The van der Waals surface area contributed by atoms with Gasteiger partial charge in [-0.2, -0.15) is 0 Å². The SMILES string of the molecule is COc1cc(Br)cc(C(=O)N2CCO[C@@H](C)C2)c1. The summed E-state index contributed by atoms with van der Waals surface area (Å²) in [5, 5.41) is 0. The van der Waals surface area contributed by atoms with E-state index < -0.39 is 0 Å². The van der Waals surface area contributed by atoms with Gasteiger partial charge in [0.2, 0.25) is 0 Å². The number of amides is 1. The molecule has 0 aromatic heterocycles. The van der Waals surface area contributed by atoms with Gasteiger partial charge >= 0.3 is 0 Å². The van der Waals surface area contributed by atoms with Gasteiger partial charge in [0.1, 0.15) is 5.75 Å².